The molecule has 0 aliphatic heterocycles. The van der Waals surface area contributed by atoms with Crippen LogP contribution in [-0.4, -0.2) is 50.4 Å². The predicted molar refractivity (Wildman–Crippen MR) is 102 cm³/mol. The largest absolute Gasteiger partial charge is 0.497 e. The van der Waals surface area contributed by atoms with Crippen LogP contribution in [-0.2, 0) is 22.4 Å². The molecule has 0 unspecified atom stereocenters. The Balaban J connectivity index is 1.77. The van der Waals surface area contributed by atoms with Gasteiger partial charge in [-0.2, -0.15) is 0 Å². The van der Waals surface area contributed by atoms with Crippen molar-refractivity contribution in [2.75, 3.05) is 27.2 Å². The van der Waals surface area contributed by atoms with Gasteiger partial charge in [0, 0.05) is 6.54 Å². The first-order chi connectivity index (χ1) is 12.6. The number of carbonyl (C=O) groups excluding carboxylic acids is 2. The van der Waals surface area contributed by atoms with Crippen LogP contribution in [0.5, 0.6) is 5.75 Å². The normalized spacial score (nSPS) is 11.8. The van der Waals surface area contributed by atoms with Crippen LogP contribution >= 0.6 is 0 Å². The highest BCUT2D eigenvalue weighted by molar-refractivity contribution is 5.81. The molecule has 0 spiro atoms. The zero-order chi connectivity index (χ0) is 18.8. The Morgan fingerprint density at radius 3 is 2.42 bits per heavy atom. The van der Waals surface area contributed by atoms with Crippen LogP contribution < -0.4 is 10.1 Å². The van der Waals surface area contributed by atoms with E-state index in [1.807, 2.05) is 54.4 Å². The summed E-state index contributed by atoms with van der Waals surface area (Å²) in [6, 6.07) is 17.1. The summed E-state index contributed by atoms with van der Waals surface area (Å²) in [5, 5.41) is 2.79. The summed E-state index contributed by atoms with van der Waals surface area (Å²) in [7, 11) is 3.51. The molecule has 2 aromatic carbocycles. The van der Waals surface area contributed by atoms with E-state index in [9.17, 15) is 9.59 Å². The lowest BCUT2D eigenvalue weighted by Crippen LogP contribution is -2.43. The predicted octanol–water partition coefficient (Wildman–Crippen LogP) is 2.10. The number of likely N-dealkylation sites (N-methyl/N-ethyl adjacent to an activating group) is 1. The number of hydrogen-bond acceptors (Lipinski definition) is 4. The number of amides is 1. The van der Waals surface area contributed by atoms with E-state index in [1.54, 1.807) is 7.11 Å². The van der Waals surface area contributed by atoms with E-state index >= 15 is 0 Å². The Bertz CT molecular complexity index is 686. The molecule has 2 rings (SSSR count). The molecule has 1 N–H and O–H groups in total. The molecule has 1 atom stereocenters. The van der Waals surface area contributed by atoms with Crippen molar-refractivity contribution < 1.29 is 14.3 Å². The number of methoxy groups -OCH3 is 1. The molecule has 0 bridgehead atoms. The highest BCUT2D eigenvalue weighted by Gasteiger charge is 2.14. The molecule has 0 aliphatic carbocycles. The van der Waals surface area contributed by atoms with Gasteiger partial charge in [-0.25, -0.2) is 0 Å². The van der Waals surface area contributed by atoms with Crippen molar-refractivity contribution in [3.05, 3.63) is 65.7 Å². The Kier molecular flexibility index (Phi) is 7.83. The van der Waals surface area contributed by atoms with Gasteiger partial charge in [0.2, 0.25) is 5.91 Å². The van der Waals surface area contributed by atoms with Gasteiger partial charge in [-0.1, -0.05) is 42.5 Å². The molecule has 0 heterocycles. The number of carbonyl (C=O) groups is 2. The molecule has 0 radical (unpaired) electrons. The Morgan fingerprint density at radius 2 is 1.81 bits per heavy atom. The average Bonchev–Trinajstić information content (AvgIpc) is 2.67. The maximum atomic E-state index is 12.2. The lowest BCUT2D eigenvalue weighted by molar-refractivity contribution is -0.124. The van der Waals surface area contributed by atoms with Gasteiger partial charge < -0.3 is 14.8 Å². The van der Waals surface area contributed by atoms with E-state index < -0.39 is 6.04 Å². The Labute approximate surface area is 155 Å². The SMILES string of the molecule is COc1ccc(C[C@H](C=O)NC(=O)CN(C)CCc2ccccc2)cc1. The number of rotatable bonds is 10. The smallest absolute Gasteiger partial charge is 0.234 e. The van der Waals surface area contributed by atoms with Crippen LogP contribution in [0, 0.1) is 0 Å². The maximum absolute atomic E-state index is 12.2. The van der Waals surface area contributed by atoms with Crippen molar-refractivity contribution in [3.8, 4) is 5.75 Å². The fourth-order valence-electron chi connectivity index (χ4n) is 2.69. The molecule has 5 heteroatoms. The van der Waals surface area contributed by atoms with E-state index in [0.29, 0.717) is 6.42 Å². The molecule has 0 fully saturated rings. The van der Waals surface area contributed by atoms with Crippen molar-refractivity contribution in [1.29, 1.82) is 0 Å². The highest BCUT2D eigenvalue weighted by atomic mass is 16.5. The zero-order valence-corrected chi connectivity index (χ0v) is 15.4. The third kappa shape index (κ3) is 6.69. The number of aldehydes is 1. The van der Waals surface area contributed by atoms with Crippen LogP contribution in [0.3, 0.4) is 0 Å². The third-order valence-electron chi connectivity index (χ3n) is 4.16. The van der Waals surface area contributed by atoms with E-state index in [2.05, 4.69) is 17.4 Å². The van der Waals surface area contributed by atoms with Crippen LogP contribution in [0.4, 0.5) is 0 Å². The second-order valence-electron chi connectivity index (χ2n) is 6.34. The van der Waals surface area contributed by atoms with Crippen LogP contribution in [0.15, 0.2) is 54.6 Å². The van der Waals surface area contributed by atoms with Crippen LogP contribution in [0.25, 0.3) is 0 Å². The van der Waals surface area contributed by atoms with Gasteiger partial charge in [-0.3, -0.25) is 9.69 Å². The van der Waals surface area contributed by atoms with Crippen LogP contribution in [0.2, 0.25) is 0 Å². The molecule has 0 saturated heterocycles. The second kappa shape index (κ2) is 10.4. The van der Waals surface area contributed by atoms with Crippen molar-refractivity contribution in [3.63, 3.8) is 0 Å². The summed E-state index contributed by atoms with van der Waals surface area (Å²) < 4.78 is 5.12. The highest BCUT2D eigenvalue weighted by Crippen LogP contribution is 2.12. The van der Waals surface area contributed by atoms with Gasteiger partial charge in [0.05, 0.1) is 19.7 Å². The first kappa shape index (κ1) is 19.7. The summed E-state index contributed by atoms with van der Waals surface area (Å²) in [6.45, 7) is 1.04. The number of hydrogen-bond donors (Lipinski definition) is 1. The Hall–Kier alpha value is -2.66. The molecule has 5 nitrogen and oxygen atoms in total. The van der Waals surface area contributed by atoms with Gasteiger partial charge in [0.15, 0.2) is 0 Å². The monoisotopic (exact) mass is 354 g/mol. The summed E-state index contributed by atoms with van der Waals surface area (Å²) in [5.74, 6) is 0.617. The molecule has 138 valence electrons. The average molecular weight is 354 g/mol. The maximum Gasteiger partial charge on any atom is 0.234 e. The Morgan fingerprint density at radius 1 is 1.12 bits per heavy atom. The number of nitrogens with zero attached hydrogens (tertiary/aromatic N) is 1. The van der Waals surface area contributed by atoms with Gasteiger partial charge in [0.25, 0.3) is 0 Å². The minimum atomic E-state index is -0.529. The van der Waals surface area contributed by atoms with E-state index in [1.165, 1.54) is 5.56 Å². The summed E-state index contributed by atoms with van der Waals surface area (Å²) in [5.41, 5.74) is 2.21. The molecule has 1 amide bonds. The van der Waals surface area contributed by atoms with E-state index in [4.69, 9.17) is 4.74 Å². The molecule has 0 aromatic heterocycles. The zero-order valence-electron chi connectivity index (χ0n) is 15.4. The first-order valence-corrected chi connectivity index (χ1v) is 8.70. The molecule has 2 aromatic rings. The standard InChI is InChI=1S/C21H26N2O3/c1-23(13-12-17-6-4-3-5-7-17)15-21(25)22-19(16-24)14-18-8-10-20(26-2)11-9-18/h3-11,16,19H,12-15H2,1-2H3,(H,22,25)/t19-/m1/s1. The lowest BCUT2D eigenvalue weighted by Gasteiger charge is -2.18. The fraction of sp³-hybridized carbons (Fsp3) is 0.333. The quantitative estimate of drug-likeness (QED) is 0.664. The molecule has 0 saturated carbocycles. The van der Waals surface area contributed by atoms with Crippen molar-refractivity contribution in [2.24, 2.45) is 0 Å². The van der Waals surface area contributed by atoms with E-state index in [0.717, 1.165) is 30.6 Å². The van der Waals surface area contributed by atoms with Gasteiger partial charge in [0.1, 0.15) is 12.0 Å². The van der Waals surface area contributed by atoms with Gasteiger partial charge in [-0.05, 0) is 43.1 Å². The minimum Gasteiger partial charge on any atom is -0.497 e. The molecular formula is C21H26N2O3. The van der Waals surface area contributed by atoms with E-state index in [-0.39, 0.29) is 12.5 Å². The summed E-state index contributed by atoms with van der Waals surface area (Å²) >= 11 is 0. The number of nitrogens with one attached hydrogen (secondary N) is 1. The fourth-order valence-corrected chi connectivity index (χ4v) is 2.69. The molecule has 26 heavy (non-hydrogen) atoms. The summed E-state index contributed by atoms with van der Waals surface area (Å²) in [4.78, 5) is 25.5. The minimum absolute atomic E-state index is 0.147. The van der Waals surface area contributed by atoms with Crippen LogP contribution in [0.1, 0.15) is 11.1 Å². The lowest BCUT2D eigenvalue weighted by atomic mass is 10.1. The molecule has 0 aliphatic rings. The van der Waals surface area contributed by atoms with Gasteiger partial charge in [-0.15, -0.1) is 0 Å². The number of ether oxygens (including phenoxy) is 1. The third-order valence-corrected chi connectivity index (χ3v) is 4.16. The summed E-state index contributed by atoms with van der Waals surface area (Å²) in [6.07, 6.45) is 2.13. The second-order valence-corrected chi connectivity index (χ2v) is 6.34. The topological polar surface area (TPSA) is 58.6 Å². The van der Waals surface area contributed by atoms with Crippen molar-refractivity contribution >= 4 is 12.2 Å². The van der Waals surface area contributed by atoms with Crippen molar-refractivity contribution in [1.82, 2.24) is 10.2 Å². The van der Waals surface area contributed by atoms with Gasteiger partial charge >= 0.3 is 0 Å². The van der Waals surface area contributed by atoms with Crippen molar-refractivity contribution in [2.45, 2.75) is 18.9 Å². The molecular weight excluding hydrogens is 328 g/mol. The first-order valence-electron chi connectivity index (χ1n) is 8.70. The number of benzene rings is 2.